The summed E-state index contributed by atoms with van der Waals surface area (Å²) in [6, 6.07) is 5.44. The lowest BCUT2D eigenvalue weighted by Gasteiger charge is -2.25. The van der Waals surface area contributed by atoms with Crippen LogP contribution < -0.4 is 0 Å². The van der Waals surface area contributed by atoms with Crippen LogP contribution in [-0.2, 0) is 28.9 Å². The Hall–Kier alpha value is -2.67. The Morgan fingerprint density at radius 3 is 2.21 bits per heavy atom. The molecule has 0 spiro atoms. The first-order chi connectivity index (χ1) is 11.3. The summed E-state index contributed by atoms with van der Waals surface area (Å²) in [5, 5.41) is 39.2. The smallest absolute Gasteiger partial charge is 0.358 e. The molecule has 0 bridgehead atoms. The van der Waals surface area contributed by atoms with Gasteiger partial charge in [0.25, 0.3) is 0 Å². The van der Waals surface area contributed by atoms with Crippen molar-refractivity contribution in [2.45, 2.75) is 38.7 Å². The maximum absolute atomic E-state index is 11.4. The predicted octanol–water partition coefficient (Wildman–Crippen LogP) is 1.48. The SMILES string of the molecule is CCc1cccc(CC2(O)C(C(=O)O)=NC(C(=O)O)=C2O)c1CC. The number of aliphatic imine (C=N–C) groups is 1. The summed E-state index contributed by atoms with van der Waals surface area (Å²) in [6.07, 6.45) is 1.15. The Morgan fingerprint density at radius 2 is 1.71 bits per heavy atom. The summed E-state index contributed by atoms with van der Waals surface area (Å²) in [4.78, 5) is 25.9. The molecule has 0 radical (unpaired) electrons. The Kier molecular flexibility index (Phi) is 4.75. The number of hydrogen-bond acceptors (Lipinski definition) is 5. The minimum Gasteiger partial charge on any atom is -0.506 e. The van der Waals surface area contributed by atoms with Crippen LogP contribution in [-0.4, -0.2) is 43.7 Å². The molecule has 1 aliphatic heterocycles. The van der Waals surface area contributed by atoms with Gasteiger partial charge in [-0.05, 0) is 29.5 Å². The summed E-state index contributed by atoms with van der Waals surface area (Å²) < 4.78 is 0. The molecular formula is C17H19NO6. The van der Waals surface area contributed by atoms with Crippen LogP contribution in [0.4, 0.5) is 0 Å². The van der Waals surface area contributed by atoms with Crippen LogP contribution in [0.2, 0.25) is 0 Å². The molecule has 0 amide bonds. The number of aliphatic hydroxyl groups is 2. The minimum absolute atomic E-state index is 0.266. The maximum atomic E-state index is 11.4. The van der Waals surface area contributed by atoms with Gasteiger partial charge in [0, 0.05) is 6.42 Å². The third kappa shape index (κ3) is 2.78. The highest BCUT2D eigenvalue weighted by molar-refractivity contribution is 6.41. The lowest BCUT2D eigenvalue weighted by molar-refractivity contribution is -0.133. The van der Waals surface area contributed by atoms with Gasteiger partial charge in [0.15, 0.2) is 22.8 Å². The lowest BCUT2D eigenvalue weighted by Crippen LogP contribution is -2.45. The van der Waals surface area contributed by atoms with Gasteiger partial charge in [-0.1, -0.05) is 32.0 Å². The molecular weight excluding hydrogens is 314 g/mol. The molecule has 1 unspecified atom stereocenters. The van der Waals surface area contributed by atoms with Crippen LogP contribution in [0.1, 0.15) is 30.5 Å². The molecule has 1 heterocycles. The van der Waals surface area contributed by atoms with E-state index in [2.05, 4.69) is 4.99 Å². The van der Waals surface area contributed by atoms with E-state index in [1.165, 1.54) is 0 Å². The van der Waals surface area contributed by atoms with Crippen LogP contribution in [0, 0.1) is 0 Å². The third-order valence-corrected chi connectivity index (χ3v) is 4.19. The summed E-state index contributed by atoms with van der Waals surface area (Å²) in [7, 11) is 0. The fraction of sp³-hybridized carbons (Fsp3) is 0.353. The Balaban J connectivity index is 2.56. The van der Waals surface area contributed by atoms with Crippen LogP contribution in [0.25, 0.3) is 0 Å². The second kappa shape index (κ2) is 6.45. The molecule has 128 valence electrons. The fourth-order valence-corrected chi connectivity index (χ4v) is 3.02. The number of carboxylic acids is 2. The quantitative estimate of drug-likeness (QED) is 0.624. The number of aliphatic carboxylic acids is 2. The van der Waals surface area contributed by atoms with Crippen LogP contribution >= 0.6 is 0 Å². The van der Waals surface area contributed by atoms with E-state index in [1.807, 2.05) is 19.9 Å². The summed E-state index contributed by atoms with van der Waals surface area (Å²) in [5.41, 5.74) is -1.37. The van der Waals surface area contributed by atoms with Crippen molar-refractivity contribution in [3.8, 4) is 0 Å². The Bertz CT molecular complexity index is 764. The van der Waals surface area contributed by atoms with E-state index in [1.54, 1.807) is 12.1 Å². The first-order valence-electron chi connectivity index (χ1n) is 7.57. The average Bonchev–Trinajstić information content (AvgIpc) is 2.79. The standard InChI is InChI=1S/C17H19NO6/c1-3-9-6-5-7-10(11(9)4-2)8-17(24)13(16(22)23)18-12(14(17)19)15(20)21/h5-7,19,24H,3-4,8H2,1-2H3,(H,20,21)(H,22,23). The highest BCUT2D eigenvalue weighted by Gasteiger charge is 2.49. The van der Waals surface area contributed by atoms with Crippen molar-refractivity contribution in [2.75, 3.05) is 0 Å². The molecule has 1 aromatic carbocycles. The number of nitrogens with zero attached hydrogens (tertiary/aromatic N) is 1. The van der Waals surface area contributed by atoms with Gasteiger partial charge in [-0.2, -0.15) is 0 Å². The van der Waals surface area contributed by atoms with Gasteiger partial charge in [-0.15, -0.1) is 0 Å². The molecule has 1 aliphatic rings. The molecule has 24 heavy (non-hydrogen) atoms. The highest BCUT2D eigenvalue weighted by atomic mass is 16.4. The van der Waals surface area contributed by atoms with E-state index >= 15 is 0 Å². The van der Waals surface area contributed by atoms with Crippen molar-refractivity contribution in [1.82, 2.24) is 0 Å². The molecule has 0 aromatic heterocycles. The van der Waals surface area contributed by atoms with Crippen LogP contribution in [0.5, 0.6) is 0 Å². The number of aliphatic hydroxyl groups excluding tert-OH is 1. The molecule has 0 aliphatic carbocycles. The zero-order valence-corrected chi connectivity index (χ0v) is 13.4. The largest absolute Gasteiger partial charge is 0.506 e. The van der Waals surface area contributed by atoms with Gasteiger partial charge in [-0.3, -0.25) is 0 Å². The zero-order chi connectivity index (χ0) is 18.1. The van der Waals surface area contributed by atoms with Gasteiger partial charge in [0.2, 0.25) is 0 Å². The summed E-state index contributed by atoms with van der Waals surface area (Å²) >= 11 is 0. The van der Waals surface area contributed by atoms with Crippen molar-refractivity contribution < 1.29 is 30.0 Å². The first kappa shape index (κ1) is 17.7. The van der Waals surface area contributed by atoms with Gasteiger partial charge in [0.05, 0.1) is 0 Å². The summed E-state index contributed by atoms with van der Waals surface area (Å²) in [6.45, 7) is 3.91. The van der Waals surface area contributed by atoms with Crippen molar-refractivity contribution in [3.63, 3.8) is 0 Å². The number of benzene rings is 1. The third-order valence-electron chi connectivity index (χ3n) is 4.19. The number of carbonyl (C=O) groups is 2. The van der Waals surface area contributed by atoms with Gasteiger partial charge < -0.3 is 20.4 Å². The predicted molar refractivity (Wildman–Crippen MR) is 86.2 cm³/mol. The topological polar surface area (TPSA) is 127 Å². The van der Waals surface area contributed by atoms with Gasteiger partial charge in [-0.25, -0.2) is 14.6 Å². The van der Waals surface area contributed by atoms with Crippen molar-refractivity contribution in [2.24, 2.45) is 4.99 Å². The molecule has 1 aromatic rings. The van der Waals surface area contributed by atoms with E-state index in [0.717, 1.165) is 17.5 Å². The molecule has 7 heteroatoms. The second-order valence-corrected chi connectivity index (χ2v) is 5.57. The van der Waals surface area contributed by atoms with E-state index in [0.29, 0.717) is 12.0 Å². The number of aryl methyl sites for hydroxylation is 1. The van der Waals surface area contributed by atoms with Crippen molar-refractivity contribution in [3.05, 3.63) is 46.3 Å². The van der Waals surface area contributed by atoms with Crippen LogP contribution in [0.3, 0.4) is 0 Å². The van der Waals surface area contributed by atoms with E-state index < -0.39 is 34.7 Å². The Labute approximate surface area is 138 Å². The molecule has 1 atom stereocenters. The van der Waals surface area contributed by atoms with E-state index in [9.17, 15) is 24.9 Å². The molecule has 0 saturated heterocycles. The number of rotatable bonds is 6. The molecule has 4 N–H and O–H groups in total. The number of hydrogen-bond donors (Lipinski definition) is 4. The zero-order valence-electron chi connectivity index (χ0n) is 13.4. The van der Waals surface area contributed by atoms with Gasteiger partial charge >= 0.3 is 11.9 Å². The first-order valence-corrected chi connectivity index (χ1v) is 7.57. The monoisotopic (exact) mass is 333 g/mol. The molecule has 0 fully saturated rings. The van der Waals surface area contributed by atoms with Crippen molar-refractivity contribution in [1.29, 1.82) is 0 Å². The second-order valence-electron chi connectivity index (χ2n) is 5.57. The Morgan fingerprint density at radius 1 is 1.08 bits per heavy atom. The average molecular weight is 333 g/mol. The maximum Gasteiger partial charge on any atom is 0.358 e. The molecule has 0 saturated carbocycles. The van der Waals surface area contributed by atoms with E-state index in [-0.39, 0.29) is 6.42 Å². The van der Waals surface area contributed by atoms with Gasteiger partial charge in [0.1, 0.15) is 0 Å². The number of carboxylic acid groups (broad SMARTS) is 2. The van der Waals surface area contributed by atoms with E-state index in [4.69, 9.17) is 5.11 Å². The lowest BCUT2D eigenvalue weighted by atomic mass is 9.84. The van der Waals surface area contributed by atoms with Crippen molar-refractivity contribution >= 4 is 17.7 Å². The fourth-order valence-electron chi connectivity index (χ4n) is 3.02. The molecule has 7 nitrogen and oxygen atoms in total. The summed E-state index contributed by atoms with van der Waals surface area (Å²) in [5.74, 6) is -4.12. The minimum atomic E-state index is -2.37. The van der Waals surface area contributed by atoms with Crippen LogP contribution in [0.15, 0.2) is 34.6 Å². The normalized spacial score (nSPS) is 20.2. The molecule has 2 rings (SSSR count). The highest BCUT2D eigenvalue weighted by Crippen LogP contribution is 2.33.